The number of aliphatic carboxylic acids is 1. The Balaban J connectivity index is 1.98. The summed E-state index contributed by atoms with van der Waals surface area (Å²) in [4.78, 5) is 35.1. The number of carbonyl (C=O) groups is 3. The van der Waals surface area contributed by atoms with E-state index in [-0.39, 0.29) is 25.5 Å². The van der Waals surface area contributed by atoms with Crippen molar-refractivity contribution in [3.63, 3.8) is 0 Å². The van der Waals surface area contributed by atoms with E-state index in [1.165, 1.54) is 6.26 Å². The molecule has 1 aliphatic rings. The molecule has 0 aliphatic carbocycles. The first-order valence-electron chi connectivity index (χ1n) is 5.64. The van der Waals surface area contributed by atoms with E-state index in [0.717, 1.165) is 4.90 Å². The predicted molar refractivity (Wildman–Crippen MR) is 62.1 cm³/mol. The summed E-state index contributed by atoms with van der Waals surface area (Å²) in [6.45, 7) is -0.237. The van der Waals surface area contributed by atoms with Crippen molar-refractivity contribution in [2.75, 3.05) is 13.1 Å². The first-order chi connectivity index (χ1) is 9.08. The standard InChI is InChI=1S/C11H13N3O5/c15-9-6-14(8(5-12-9)10(16)17)11(18)13-4-7-2-1-3-19-7/h1-3,8H,4-6H2,(H,12,15)(H,13,18)(H,16,17). The maximum atomic E-state index is 11.9. The highest BCUT2D eigenvalue weighted by Gasteiger charge is 2.35. The van der Waals surface area contributed by atoms with Crippen LogP contribution in [0.3, 0.4) is 0 Å². The number of nitrogens with zero attached hydrogens (tertiary/aromatic N) is 1. The normalized spacial score (nSPS) is 18.8. The van der Waals surface area contributed by atoms with Gasteiger partial charge in [0.2, 0.25) is 5.91 Å². The summed E-state index contributed by atoms with van der Waals surface area (Å²) in [6.07, 6.45) is 1.47. The Morgan fingerprint density at radius 1 is 1.58 bits per heavy atom. The fraction of sp³-hybridized carbons (Fsp3) is 0.364. The second-order valence-electron chi connectivity index (χ2n) is 4.02. The zero-order valence-corrected chi connectivity index (χ0v) is 9.96. The van der Waals surface area contributed by atoms with E-state index in [4.69, 9.17) is 9.52 Å². The van der Waals surface area contributed by atoms with Crippen LogP contribution in [0.1, 0.15) is 5.76 Å². The van der Waals surface area contributed by atoms with E-state index in [9.17, 15) is 14.4 Å². The van der Waals surface area contributed by atoms with Crippen LogP contribution in [-0.2, 0) is 16.1 Å². The van der Waals surface area contributed by atoms with Gasteiger partial charge < -0.3 is 20.2 Å². The fourth-order valence-corrected chi connectivity index (χ4v) is 1.75. The van der Waals surface area contributed by atoms with Crippen LogP contribution < -0.4 is 10.6 Å². The molecule has 19 heavy (non-hydrogen) atoms. The number of amides is 3. The van der Waals surface area contributed by atoms with Crippen molar-refractivity contribution in [1.29, 1.82) is 0 Å². The van der Waals surface area contributed by atoms with Gasteiger partial charge in [-0.1, -0.05) is 0 Å². The Hall–Kier alpha value is -2.51. The largest absolute Gasteiger partial charge is 0.480 e. The molecule has 1 atom stereocenters. The molecule has 0 bridgehead atoms. The summed E-state index contributed by atoms with van der Waals surface area (Å²) in [7, 11) is 0. The van der Waals surface area contributed by atoms with Crippen LogP contribution in [0.15, 0.2) is 22.8 Å². The van der Waals surface area contributed by atoms with Crippen LogP contribution in [-0.4, -0.2) is 47.0 Å². The molecule has 3 N–H and O–H groups in total. The first-order valence-corrected chi connectivity index (χ1v) is 5.64. The van der Waals surface area contributed by atoms with Gasteiger partial charge in [-0.25, -0.2) is 9.59 Å². The minimum Gasteiger partial charge on any atom is -0.480 e. The quantitative estimate of drug-likeness (QED) is 0.675. The van der Waals surface area contributed by atoms with Gasteiger partial charge in [0.05, 0.1) is 12.8 Å². The topological polar surface area (TPSA) is 112 Å². The van der Waals surface area contributed by atoms with Crippen LogP contribution in [0.25, 0.3) is 0 Å². The molecule has 8 heteroatoms. The molecule has 8 nitrogen and oxygen atoms in total. The van der Waals surface area contributed by atoms with Gasteiger partial charge in [0.15, 0.2) is 0 Å². The second kappa shape index (κ2) is 5.42. The highest BCUT2D eigenvalue weighted by Crippen LogP contribution is 2.06. The van der Waals surface area contributed by atoms with Crippen LogP contribution in [0, 0.1) is 0 Å². The van der Waals surface area contributed by atoms with E-state index in [1.807, 2.05) is 0 Å². The van der Waals surface area contributed by atoms with Crippen molar-refractivity contribution in [3.8, 4) is 0 Å². The lowest BCUT2D eigenvalue weighted by atomic mass is 10.2. The smallest absolute Gasteiger partial charge is 0.328 e. The minimum absolute atomic E-state index is 0.0949. The van der Waals surface area contributed by atoms with Crippen molar-refractivity contribution in [2.24, 2.45) is 0 Å². The Morgan fingerprint density at radius 3 is 3.00 bits per heavy atom. The van der Waals surface area contributed by atoms with Gasteiger partial charge in [0.1, 0.15) is 18.3 Å². The highest BCUT2D eigenvalue weighted by molar-refractivity contribution is 5.90. The van der Waals surface area contributed by atoms with E-state index < -0.39 is 18.0 Å². The molecule has 1 unspecified atom stereocenters. The van der Waals surface area contributed by atoms with Gasteiger partial charge in [0, 0.05) is 6.54 Å². The number of carbonyl (C=O) groups excluding carboxylic acids is 2. The second-order valence-corrected chi connectivity index (χ2v) is 4.02. The summed E-state index contributed by atoms with van der Waals surface area (Å²) in [6, 6.07) is 1.68. The Kier molecular flexibility index (Phi) is 3.69. The van der Waals surface area contributed by atoms with Gasteiger partial charge in [-0.15, -0.1) is 0 Å². The Morgan fingerprint density at radius 2 is 2.37 bits per heavy atom. The molecule has 0 saturated carbocycles. The molecule has 3 amide bonds. The van der Waals surface area contributed by atoms with E-state index >= 15 is 0 Å². The number of rotatable bonds is 3. The third kappa shape index (κ3) is 3.03. The highest BCUT2D eigenvalue weighted by atomic mass is 16.4. The summed E-state index contributed by atoms with van der Waals surface area (Å²) in [5.74, 6) is -1.000. The molecule has 0 aromatic carbocycles. The molecule has 1 aromatic rings. The third-order valence-corrected chi connectivity index (χ3v) is 2.72. The van der Waals surface area contributed by atoms with Crippen molar-refractivity contribution in [1.82, 2.24) is 15.5 Å². The van der Waals surface area contributed by atoms with E-state index in [1.54, 1.807) is 12.1 Å². The number of nitrogens with one attached hydrogen (secondary N) is 2. The molecular formula is C11H13N3O5. The maximum Gasteiger partial charge on any atom is 0.328 e. The van der Waals surface area contributed by atoms with Crippen LogP contribution in [0.4, 0.5) is 4.79 Å². The lowest BCUT2D eigenvalue weighted by Crippen LogP contribution is -2.61. The van der Waals surface area contributed by atoms with Gasteiger partial charge in [-0.2, -0.15) is 0 Å². The third-order valence-electron chi connectivity index (χ3n) is 2.72. The number of urea groups is 1. The summed E-state index contributed by atoms with van der Waals surface area (Å²) >= 11 is 0. The van der Waals surface area contributed by atoms with Crippen LogP contribution in [0.2, 0.25) is 0 Å². The number of hydrogen-bond donors (Lipinski definition) is 3. The molecule has 1 fully saturated rings. The minimum atomic E-state index is -1.16. The number of hydrogen-bond acceptors (Lipinski definition) is 4. The Bertz CT molecular complexity index is 485. The van der Waals surface area contributed by atoms with Crippen molar-refractivity contribution < 1.29 is 23.9 Å². The summed E-state index contributed by atoms with van der Waals surface area (Å²) in [5, 5.41) is 13.9. The first kappa shape index (κ1) is 12.9. The molecule has 0 radical (unpaired) electrons. The zero-order valence-electron chi connectivity index (χ0n) is 9.96. The van der Waals surface area contributed by atoms with Crippen LogP contribution >= 0.6 is 0 Å². The summed E-state index contributed by atoms with van der Waals surface area (Å²) in [5.41, 5.74) is 0. The molecular weight excluding hydrogens is 254 g/mol. The van der Waals surface area contributed by atoms with Gasteiger partial charge in [-0.3, -0.25) is 9.69 Å². The predicted octanol–water partition coefficient (Wildman–Crippen LogP) is -0.626. The summed E-state index contributed by atoms with van der Waals surface area (Å²) < 4.78 is 5.04. The molecule has 1 aliphatic heterocycles. The van der Waals surface area contributed by atoms with Gasteiger partial charge in [-0.05, 0) is 12.1 Å². The van der Waals surface area contributed by atoms with E-state index in [2.05, 4.69) is 10.6 Å². The molecule has 1 saturated heterocycles. The number of furan rings is 1. The monoisotopic (exact) mass is 267 g/mol. The van der Waals surface area contributed by atoms with Crippen LogP contribution in [0.5, 0.6) is 0 Å². The van der Waals surface area contributed by atoms with Gasteiger partial charge in [0.25, 0.3) is 0 Å². The molecule has 0 spiro atoms. The van der Waals surface area contributed by atoms with Crippen molar-refractivity contribution in [3.05, 3.63) is 24.2 Å². The van der Waals surface area contributed by atoms with Crippen molar-refractivity contribution >= 4 is 17.9 Å². The number of piperazine rings is 1. The molecule has 2 heterocycles. The average Bonchev–Trinajstić information content (AvgIpc) is 2.88. The molecule has 102 valence electrons. The fourth-order valence-electron chi connectivity index (χ4n) is 1.75. The van der Waals surface area contributed by atoms with E-state index in [0.29, 0.717) is 5.76 Å². The number of carboxylic acid groups (broad SMARTS) is 1. The SMILES string of the molecule is O=C1CN(C(=O)NCc2ccco2)C(C(=O)O)CN1. The van der Waals surface area contributed by atoms with Crippen molar-refractivity contribution in [2.45, 2.75) is 12.6 Å². The lowest BCUT2D eigenvalue weighted by molar-refractivity contribution is -0.144. The lowest BCUT2D eigenvalue weighted by Gasteiger charge is -2.32. The maximum absolute atomic E-state index is 11.9. The Labute approximate surface area is 108 Å². The molecule has 2 rings (SSSR count). The van der Waals surface area contributed by atoms with Gasteiger partial charge >= 0.3 is 12.0 Å². The zero-order chi connectivity index (χ0) is 13.8. The molecule has 1 aromatic heterocycles. The average molecular weight is 267 g/mol. The number of carboxylic acids is 1.